The van der Waals surface area contributed by atoms with Gasteiger partial charge in [0.05, 0.1) is 5.92 Å². The molecular weight excluding hydrogens is 398 g/mol. The van der Waals surface area contributed by atoms with Crippen molar-refractivity contribution in [3.05, 3.63) is 0 Å². The van der Waals surface area contributed by atoms with E-state index in [1.165, 1.54) is 38.5 Å². The molecule has 4 saturated carbocycles. The molecule has 6 nitrogen and oxygen atoms in total. The van der Waals surface area contributed by atoms with E-state index < -0.39 is 10.2 Å². The van der Waals surface area contributed by atoms with Crippen LogP contribution in [0.1, 0.15) is 77.6 Å². The fourth-order valence-electron chi connectivity index (χ4n) is 7.82. The van der Waals surface area contributed by atoms with Crippen LogP contribution < -0.4 is 5.32 Å². The molecule has 30 heavy (non-hydrogen) atoms. The van der Waals surface area contributed by atoms with Crippen LogP contribution in [0.15, 0.2) is 0 Å². The molecule has 0 aromatic heterocycles. The van der Waals surface area contributed by atoms with Gasteiger partial charge in [0.2, 0.25) is 5.91 Å². The maximum Gasteiger partial charge on any atom is 0.281 e. The van der Waals surface area contributed by atoms with Crippen LogP contribution in [0, 0.1) is 29.1 Å². The van der Waals surface area contributed by atoms with Gasteiger partial charge in [-0.2, -0.15) is 17.0 Å². The van der Waals surface area contributed by atoms with E-state index in [1.807, 2.05) is 0 Å². The Labute approximate surface area is 182 Å². The highest BCUT2D eigenvalue weighted by Crippen LogP contribution is 2.61. The number of hydrogen-bond donors (Lipinski definition) is 1. The molecule has 4 bridgehead atoms. The highest BCUT2D eigenvalue weighted by molar-refractivity contribution is 7.86. The first-order chi connectivity index (χ1) is 14.4. The van der Waals surface area contributed by atoms with Crippen LogP contribution in [0.4, 0.5) is 0 Å². The Morgan fingerprint density at radius 1 is 0.900 bits per heavy atom. The van der Waals surface area contributed by atoms with E-state index in [0.717, 1.165) is 49.9 Å². The summed E-state index contributed by atoms with van der Waals surface area (Å²) in [4.78, 5) is 13.2. The summed E-state index contributed by atoms with van der Waals surface area (Å²) < 4.78 is 29.4. The van der Waals surface area contributed by atoms with Gasteiger partial charge in [-0.3, -0.25) is 4.79 Å². The fraction of sp³-hybridized carbons (Fsp3) is 0.957. The second kappa shape index (κ2) is 8.04. The molecule has 0 aromatic rings. The van der Waals surface area contributed by atoms with Crippen molar-refractivity contribution in [3.63, 3.8) is 0 Å². The average Bonchev–Trinajstić information content (AvgIpc) is 2.73. The number of rotatable bonds is 5. The molecule has 6 rings (SSSR count). The Kier molecular flexibility index (Phi) is 5.68. The van der Waals surface area contributed by atoms with Gasteiger partial charge in [-0.05, 0) is 94.3 Å². The number of nitrogens with zero attached hydrogens (tertiary/aromatic N) is 2. The number of piperidine rings is 2. The predicted octanol–water partition coefficient (Wildman–Crippen LogP) is 3.15. The van der Waals surface area contributed by atoms with Crippen LogP contribution >= 0.6 is 0 Å². The summed E-state index contributed by atoms with van der Waals surface area (Å²) in [5, 5.41) is 3.38. The summed E-state index contributed by atoms with van der Waals surface area (Å²) in [5.74, 6) is 2.48. The van der Waals surface area contributed by atoms with Crippen LogP contribution in [-0.2, 0) is 15.0 Å². The second-order valence-electron chi connectivity index (χ2n) is 11.2. The molecule has 4 aliphatic carbocycles. The Morgan fingerprint density at radius 3 is 2.07 bits per heavy atom. The third-order valence-electron chi connectivity index (χ3n) is 9.09. The monoisotopic (exact) mass is 437 g/mol. The van der Waals surface area contributed by atoms with E-state index in [0.29, 0.717) is 31.6 Å². The quantitative estimate of drug-likeness (QED) is 0.718. The largest absolute Gasteiger partial charge is 0.353 e. The minimum absolute atomic E-state index is 0.0804. The van der Waals surface area contributed by atoms with Crippen molar-refractivity contribution < 1.29 is 13.2 Å². The highest BCUT2D eigenvalue weighted by Gasteiger charge is 2.53. The highest BCUT2D eigenvalue weighted by atomic mass is 32.2. The van der Waals surface area contributed by atoms with Crippen molar-refractivity contribution in [3.8, 4) is 0 Å². The lowest BCUT2D eigenvalue weighted by molar-refractivity contribution is -0.130. The first kappa shape index (κ1) is 21.2. The molecule has 1 amide bonds. The van der Waals surface area contributed by atoms with E-state index in [2.05, 4.69) is 12.2 Å². The van der Waals surface area contributed by atoms with Crippen molar-refractivity contribution in [2.24, 2.45) is 29.1 Å². The summed E-state index contributed by atoms with van der Waals surface area (Å²) in [6.45, 7) is 4.36. The number of nitrogens with one attached hydrogen (secondary N) is 1. The van der Waals surface area contributed by atoms with E-state index >= 15 is 0 Å². The van der Waals surface area contributed by atoms with Crippen LogP contribution in [-0.4, -0.2) is 55.2 Å². The van der Waals surface area contributed by atoms with Gasteiger partial charge in [0.25, 0.3) is 10.2 Å². The second-order valence-corrected chi connectivity index (χ2v) is 13.1. The predicted molar refractivity (Wildman–Crippen MR) is 117 cm³/mol. The summed E-state index contributed by atoms with van der Waals surface area (Å²) in [6, 6.07) is 0.201. The molecule has 7 heteroatoms. The Bertz CT molecular complexity index is 726. The molecule has 1 N–H and O–H groups in total. The average molecular weight is 438 g/mol. The lowest BCUT2D eigenvalue weighted by Gasteiger charge is -2.59. The Morgan fingerprint density at radius 2 is 1.47 bits per heavy atom. The van der Waals surface area contributed by atoms with Gasteiger partial charge in [-0.25, -0.2) is 0 Å². The van der Waals surface area contributed by atoms with Crippen LogP contribution in [0.3, 0.4) is 0 Å². The van der Waals surface area contributed by atoms with Crippen LogP contribution in [0.25, 0.3) is 0 Å². The molecule has 2 aliphatic heterocycles. The lowest BCUT2D eigenvalue weighted by Crippen LogP contribution is -2.57. The molecule has 2 atom stereocenters. The SMILES string of the molecule is C[C@H](NC(=O)[C@@H]1CCCN(S(=O)(=O)N2CCCCC2)C1)C12CC3CC(CC(C3)C1)C2. The zero-order valence-electron chi connectivity index (χ0n) is 18.5. The van der Waals surface area contributed by atoms with Crippen molar-refractivity contribution in [1.82, 2.24) is 13.9 Å². The minimum Gasteiger partial charge on any atom is -0.353 e. The molecule has 2 saturated heterocycles. The Hall–Kier alpha value is -0.660. The summed E-state index contributed by atoms with van der Waals surface area (Å²) >= 11 is 0. The lowest BCUT2D eigenvalue weighted by atomic mass is 9.48. The normalized spacial score (nSPS) is 41.0. The maximum atomic E-state index is 13.2. The summed E-state index contributed by atoms with van der Waals surface area (Å²) in [5.41, 5.74) is 0.290. The number of hydrogen-bond acceptors (Lipinski definition) is 3. The van der Waals surface area contributed by atoms with Gasteiger partial charge < -0.3 is 5.32 Å². The first-order valence-corrected chi connectivity index (χ1v) is 13.8. The van der Waals surface area contributed by atoms with E-state index in [-0.39, 0.29) is 17.9 Å². The minimum atomic E-state index is -3.43. The van der Waals surface area contributed by atoms with Crippen molar-refractivity contribution in [2.75, 3.05) is 26.2 Å². The molecule has 6 fully saturated rings. The van der Waals surface area contributed by atoms with Gasteiger partial charge >= 0.3 is 0 Å². The van der Waals surface area contributed by atoms with E-state index in [9.17, 15) is 13.2 Å². The van der Waals surface area contributed by atoms with Gasteiger partial charge in [0, 0.05) is 32.2 Å². The smallest absolute Gasteiger partial charge is 0.281 e. The van der Waals surface area contributed by atoms with Gasteiger partial charge in [-0.15, -0.1) is 0 Å². The topological polar surface area (TPSA) is 69.7 Å². The molecule has 0 aromatic carbocycles. The van der Waals surface area contributed by atoms with Crippen LogP contribution in [0.2, 0.25) is 0 Å². The standard InChI is InChI=1S/C23H39N3O3S/c1-17(23-13-18-10-19(14-23)12-20(11-18)15-23)24-22(27)21-6-5-9-26(16-21)30(28,29)25-7-3-2-4-8-25/h17-21H,2-16H2,1H3,(H,24,27)/t17-,18?,19?,20?,21+,23?/m0/s1. The Balaban J connectivity index is 1.22. The number of amides is 1. The van der Waals surface area contributed by atoms with Crippen LogP contribution in [0.5, 0.6) is 0 Å². The van der Waals surface area contributed by atoms with E-state index in [4.69, 9.17) is 0 Å². The molecule has 0 spiro atoms. The van der Waals surface area contributed by atoms with Gasteiger partial charge in [-0.1, -0.05) is 6.42 Å². The zero-order chi connectivity index (χ0) is 20.9. The van der Waals surface area contributed by atoms with Gasteiger partial charge in [0.15, 0.2) is 0 Å². The maximum absolute atomic E-state index is 13.2. The van der Waals surface area contributed by atoms with Crippen molar-refractivity contribution >= 4 is 16.1 Å². The first-order valence-electron chi connectivity index (χ1n) is 12.4. The molecule has 170 valence electrons. The van der Waals surface area contributed by atoms with Crippen molar-refractivity contribution in [1.29, 1.82) is 0 Å². The summed E-state index contributed by atoms with van der Waals surface area (Å²) in [6.07, 6.45) is 12.6. The number of carbonyl (C=O) groups excluding carboxylic acids is 1. The molecule has 6 aliphatic rings. The van der Waals surface area contributed by atoms with Gasteiger partial charge in [0.1, 0.15) is 0 Å². The zero-order valence-corrected chi connectivity index (χ0v) is 19.3. The fourth-order valence-corrected chi connectivity index (χ4v) is 9.59. The third-order valence-corrected chi connectivity index (χ3v) is 11.1. The third kappa shape index (κ3) is 3.83. The molecular formula is C23H39N3O3S. The van der Waals surface area contributed by atoms with Crippen molar-refractivity contribution in [2.45, 2.75) is 83.6 Å². The summed E-state index contributed by atoms with van der Waals surface area (Å²) in [7, 11) is -3.43. The molecule has 2 heterocycles. The van der Waals surface area contributed by atoms with E-state index in [1.54, 1.807) is 8.61 Å². The molecule has 0 unspecified atom stereocenters. The molecule has 0 radical (unpaired) electrons. The number of carbonyl (C=O) groups is 1.